The Morgan fingerprint density at radius 1 is 1.42 bits per heavy atom. The number of nitriles is 1. The van der Waals surface area contributed by atoms with Crippen LogP contribution in [0.2, 0.25) is 0 Å². The lowest BCUT2D eigenvalue weighted by molar-refractivity contribution is 0.400. The first-order valence-electron chi connectivity index (χ1n) is 6.10. The molecular formula is C13H17N3O2S. The van der Waals surface area contributed by atoms with Gasteiger partial charge in [-0.2, -0.15) is 5.26 Å². The monoisotopic (exact) mass is 279 g/mol. The van der Waals surface area contributed by atoms with Crippen LogP contribution in [0.5, 0.6) is 0 Å². The Balaban J connectivity index is 2.37. The van der Waals surface area contributed by atoms with E-state index < -0.39 is 15.6 Å². The van der Waals surface area contributed by atoms with Gasteiger partial charge in [-0.15, -0.1) is 0 Å². The van der Waals surface area contributed by atoms with Crippen molar-refractivity contribution < 1.29 is 8.42 Å². The highest BCUT2D eigenvalue weighted by atomic mass is 32.2. The van der Waals surface area contributed by atoms with E-state index in [0.717, 1.165) is 12.8 Å². The maximum atomic E-state index is 12.4. The molecule has 1 aromatic carbocycles. The molecule has 1 saturated carbocycles. The van der Waals surface area contributed by atoms with Crippen molar-refractivity contribution >= 4 is 15.7 Å². The summed E-state index contributed by atoms with van der Waals surface area (Å²) < 4.78 is 27.4. The predicted molar refractivity (Wildman–Crippen MR) is 72.7 cm³/mol. The maximum absolute atomic E-state index is 12.4. The van der Waals surface area contributed by atoms with Crippen LogP contribution in [-0.4, -0.2) is 14.0 Å². The third kappa shape index (κ3) is 2.88. The van der Waals surface area contributed by atoms with E-state index in [4.69, 9.17) is 11.0 Å². The summed E-state index contributed by atoms with van der Waals surface area (Å²) in [4.78, 5) is -0.0158. The molecule has 0 heterocycles. The summed E-state index contributed by atoms with van der Waals surface area (Å²) in [7, 11) is -3.71. The summed E-state index contributed by atoms with van der Waals surface area (Å²) in [6.45, 7) is 3.73. The molecule has 6 heteroatoms. The number of rotatable bonds is 4. The molecule has 0 bridgehead atoms. The van der Waals surface area contributed by atoms with Crippen molar-refractivity contribution in [1.29, 1.82) is 5.26 Å². The van der Waals surface area contributed by atoms with E-state index in [0.29, 0.717) is 11.6 Å². The normalized spacial score (nSPS) is 16.1. The zero-order valence-corrected chi connectivity index (χ0v) is 11.8. The van der Waals surface area contributed by atoms with Crippen molar-refractivity contribution in [2.24, 2.45) is 5.92 Å². The number of hydrogen-bond donors (Lipinski definition) is 2. The Bertz CT molecular complexity index is 640. The molecule has 2 rings (SSSR count). The summed E-state index contributed by atoms with van der Waals surface area (Å²) in [5.74, 6) is 0.363. The molecule has 0 spiro atoms. The average molecular weight is 279 g/mol. The van der Waals surface area contributed by atoms with Crippen molar-refractivity contribution in [3.05, 3.63) is 23.8 Å². The minimum Gasteiger partial charge on any atom is -0.399 e. The van der Waals surface area contributed by atoms with E-state index in [-0.39, 0.29) is 10.5 Å². The van der Waals surface area contributed by atoms with E-state index in [1.54, 1.807) is 0 Å². The van der Waals surface area contributed by atoms with Crippen LogP contribution in [0.3, 0.4) is 0 Å². The highest BCUT2D eigenvalue weighted by Crippen LogP contribution is 2.40. The lowest BCUT2D eigenvalue weighted by Gasteiger charge is -2.26. The Labute approximate surface area is 113 Å². The number of nitrogens with two attached hydrogens (primary N) is 1. The van der Waals surface area contributed by atoms with Crippen LogP contribution in [0, 0.1) is 17.2 Å². The number of nitrogen functional groups attached to an aromatic ring is 1. The second-order valence-electron chi connectivity index (χ2n) is 5.47. The Kier molecular flexibility index (Phi) is 3.29. The fraction of sp³-hybridized carbons (Fsp3) is 0.462. The highest BCUT2D eigenvalue weighted by molar-refractivity contribution is 7.89. The summed E-state index contributed by atoms with van der Waals surface area (Å²) in [5, 5.41) is 9.03. The lowest BCUT2D eigenvalue weighted by atomic mass is 10.0. The molecule has 0 radical (unpaired) electrons. The van der Waals surface area contributed by atoms with Gasteiger partial charge < -0.3 is 5.73 Å². The van der Waals surface area contributed by atoms with E-state index in [1.807, 2.05) is 19.9 Å². The number of anilines is 1. The van der Waals surface area contributed by atoms with Gasteiger partial charge >= 0.3 is 0 Å². The average Bonchev–Trinajstić information content (AvgIpc) is 3.10. The predicted octanol–water partition coefficient (Wildman–Crippen LogP) is 1.61. The van der Waals surface area contributed by atoms with Gasteiger partial charge in [0.15, 0.2) is 0 Å². The van der Waals surface area contributed by atoms with E-state index in [2.05, 4.69) is 4.72 Å². The molecule has 5 nitrogen and oxygen atoms in total. The molecule has 1 aliphatic carbocycles. The maximum Gasteiger partial charge on any atom is 0.242 e. The summed E-state index contributed by atoms with van der Waals surface area (Å²) in [6.07, 6.45) is 2.06. The van der Waals surface area contributed by atoms with Gasteiger partial charge in [0.2, 0.25) is 10.0 Å². The van der Waals surface area contributed by atoms with Crippen LogP contribution in [0.25, 0.3) is 0 Å². The summed E-state index contributed by atoms with van der Waals surface area (Å²) >= 11 is 0. The topological polar surface area (TPSA) is 96.0 Å². The molecule has 0 aromatic heterocycles. The van der Waals surface area contributed by atoms with Gasteiger partial charge in [-0.05, 0) is 50.8 Å². The molecule has 0 aliphatic heterocycles. The number of sulfonamides is 1. The molecule has 0 amide bonds. The molecule has 0 saturated heterocycles. The van der Waals surface area contributed by atoms with Crippen LogP contribution in [0.4, 0.5) is 5.69 Å². The second kappa shape index (κ2) is 4.51. The molecule has 1 aliphatic rings. The van der Waals surface area contributed by atoms with Crippen molar-refractivity contribution in [3.8, 4) is 6.07 Å². The first kappa shape index (κ1) is 13.8. The van der Waals surface area contributed by atoms with Crippen LogP contribution in [0.15, 0.2) is 23.1 Å². The van der Waals surface area contributed by atoms with Gasteiger partial charge in [-0.25, -0.2) is 13.1 Å². The number of nitrogens with zero attached hydrogens (tertiary/aromatic N) is 1. The zero-order valence-electron chi connectivity index (χ0n) is 11.0. The van der Waals surface area contributed by atoms with Crippen LogP contribution < -0.4 is 10.5 Å². The molecule has 1 aromatic rings. The quantitative estimate of drug-likeness (QED) is 0.818. The SMILES string of the molecule is CC(C)(NS(=O)(=O)c1ccc(N)cc1C#N)C1CC1. The number of hydrogen-bond acceptors (Lipinski definition) is 4. The fourth-order valence-electron chi connectivity index (χ4n) is 2.16. The van der Waals surface area contributed by atoms with E-state index in [9.17, 15) is 8.42 Å². The van der Waals surface area contributed by atoms with Crippen LogP contribution in [0.1, 0.15) is 32.3 Å². The molecule has 3 N–H and O–H groups in total. The number of benzene rings is 1. The van der Waals surface area contributed by atoms with Gasteiger partial charge in [0, 0.05) is 11.2 Å². The largest absolute Gasteiger partial charge is 0.399 e. The molecular weight excluding hydrogens is 262 g/mol. The van der Waals surface area contributed by atoms with Gasteiger partial charge in [0.1, 0.15) is 6.07 Å². The molecule has 19 heavy (non-hydrogen) atoms. The van der Waals surface area contributed by atoms with Gasteiger partial charge in [-0.1, -0.05) is 0 Å². The summed E-state index contributed by atoms with van der Waals surface area (Å²) in [5.41, 5.74) is 5.51. The number of nitrogens with one attached hydrogen (secondary N) is 1. The Hall–Kier alpha value is -1.58. The van der Waals surface area contributed by atoms with Gasteiger partial charge in [-0.3, -0.25) is 0 Å². The van der Waals surface area contributed by atoms with Crippen molar-refractivity contribution in [1.82, 2.24) is 4.72 Å². The first-order chi connectivity index (χ1) is 8.76. The molecule has 0 atom stereocenters. The molecule has 102 valence electrons. The molecule has 0 unspecified atom stereocenters. The van der Waals surface area contributed by atoms with Crippen molar-refractivity contribution in [2.75, 3.05) is 5.73 Å². The zero-order chi connectivity index (χ0) is 14.3. The standard InChI is InChI=1S/C13H17N3O2S/c1-13(2,10-3-4-10)16-19(17,18)12-6-5-11(15)7-9(12)8-14/h5-7,10,16H,3-4,15H2,1-2H3. The van der Waals surface area contributed by atoms with E-state index in [1.165, 1.54) is 18.2 Å². The third-order valence-corrected chi connectivity index (χ3v) is 5.14. The minimum atomic E-state index is -3.71. The Morgan fingerprint density at radius 3 is 2.58 bits per heavy atom. The highest BCUT2D eigenvalue weighted by Gasteiger charge is 2.41. The second-order valence-corrected chi connectivity index (χ2v) is 7.12. The van der Waals surface area contributed by atoms with Crippen LogP contribution in [-0.2, 0) is 10.0 Å². The molecule has 1 fully saturated rings. The third-order valence-electron chi connectivity index (χ3n) is 3.41. The van der Waals surface area contributed by atoms with E-state index >= 15 is 0 Å². The Morgan fingerprint density at radius 2 is 2.05 bits per heavy atom. The fourth-order valence-corrected chi connectivity index (χ4v) is 3.77. The first-order valence-corrected chi connectivity index (χ1v) is 7.58. The summed E-state index contributed by atoms with van der Waals surface area (Å²) in [6, 6.07) is 6.11. The van der Waals surface area contributed by atoms with Crippen molar-refractivity contribution in [2.45, 2.75) is 37.1 Å². The van der Waals surface area contributed by atoms with Crippen molar-refractivity contribution in [3.63, 3.8) is 0 Å². The van der Waals surface area contributed by atoms with Gasteiger partial charge in [0.25, 0.3) is 0 Å². The lowest BCUT2D eigenvalue weighted by Crippen LogP contribution is -2.45. The smallest absolute Gasteiger partial charge is 0.242 e. The van der Waals surface area contributed by atoms with Crippen LogP contribution >= 0.6 is 0 Å². The van der Waals surface area contributed by atoms with Gasteiger partial charge in [0.05, 0.1) is 10.5 Å². The minimum absolute atomic E-state index is 0.0158.